The second-order valence-corrected chi connectivity index (χ2v) is 5.80. The molecule has 1 aromatic rings. The molecule has 0 saturated carbocycles. The van der Waals surface area contributed by atoms with Gasteiger partial charge >= 0.3 is 0 Å². The van der Waals surface area contributed by atoms with Crippen molar-refractivity contribution in [1.29, 1.82) is 0 Å². The van der Waals surface area contributed by atoms with Crippen molar-refractivity contribution < 1.29 is 5.11 Å². The van der Waals surface area contributed by atoms with Crippen molar-refractivity contribution in [2.45, 2.75) is 11.8 Å². The third-order valence-electron chi connectivity index (χ3n) is 3.44. The normalized spacial score (nSPS) is 18.4. The Morgan fingerprint density at radius 2 is 2.00 bits per heavy atom. The summed E-state index contributed by atoms with van der Waals surface area (Å²) in [6.07, 6.45) is 1.75. The lowest BCUT2D eigenvalue weighted by molar-refractivity contribution is 0.161. The fraction of sp³-hybridized carbons (Fsp3) is 0.750. The summed E-state index contributed by atoms with van der Waals surface area (Å²) in [4.78, 5) is 9.19. The minimum absolute atomic E-state index is 0.0581. The molecule has 0 bridgehead atoms. The quantitative estimate of drug-likeness (QED) is 0.777. The van der Waals surface area contributed by atoms with Crippen molar-refractivity contribution in [2.24, 2.45) is 7.05 Å². The van der Waals surface area contributed by atoms with E-state index in [1.807, 2.05) is 11.6 Å². The smallest absolute Gasteiger partial charge is 0.168 e. The van der Waals surface area contributed by atoms with Crippen LogP contribution in [0.1, 0.15) is 5.69 Å². The van der Waals surface area contributed by atoms with Crippen LogP contribution in [0.5, 0.6) is 0 Å². The highest BCUT2D eigenvalue weighted by Crippen LogP contribution is 2.17. The predicted octanol–water partition coefficient (Wildman–Crippen LogP) is 0.252. The molecule has 102 valence electrons. The third-order valence-corrected chi connectivity index (χ3v) is 4.46. The molecule has 1 aliphatic rings. The Morgan fingerprint density at radius 1 is 1.28 bits per heavy atom. The summed E-state index contributed by atoms with van der Waals surface area (Å²) in [5.74, 6) is 1.05. The first-order valence-electron chi connectivity index (χ1n) is 6.36. The molecule has 0 radical (unpaired) electrons. The molecule has 6 heteroatoms. The molecule has 2 heterocycles. The number of imidazole rings is 1. The van der Waals surface area contributed by atoms with Gasteiger partial charge in [0.2, 0.25) is 0 Å². The van der Waals surface area contributed by atoms with Gasteiger partial charge in [0.25, 0.3) is 0 Å². The van der Waals surface area contributed by atoms with E-state index in [0.717, 1.165) is 23.1 Å². The molecule has 1 aromatic heterocycles. The van der Waals surface area contributed by atoms with Gasteiger partial charge in [-0.3, -0.25) is 4.90 Å². The number of hydrogen-bond donors (Lipinski definition) is 1. The molecule has 0 unspecified atom stereocenters. The van der Waals surface area contributed by atoms with E-state index < -0.39 is 0 Å². The Kier molecular flexibility index (Phi) is 5.05. The van der Waals surface area contributed by atoms with Crippen LogP contribution in [0.25, 0.3) is 0 Å². The summed E-state index contributed by atoms with van der Waals surface area (Å²) < 4.78 is 1.97. The van der Waals surface area contributed by atoms with E-state index >= 15 is 0 Å². The van der Waals surface area contributed by atoms with Crippen molar-refractivity contribution in [2.75, 3.05) is 45.5 Å². The molecule has 1 saturated heterocycles. The average molecular weight is 270 g/mol. The molecule has 1 aliphatic heterocycles. The van der Waals surface area contributed by atoms with Crippen LogP contribution in [0.3, 0.4) is 0 Å². The van der Waals surface area contributed by atoms with Gasteiger partial charge in [0.1, 0.15) is 0 Å². The van der Waals surface area contributed by atoms with Crippen molar-refractivity contribution >= 4 is 11.8 Å². The highest BCUT2D eigenvalue weighted by atomic mass is 32.2. The lowest BCUT2D eigenvalue weighted by Crippen LogP contribution is -2.45. The molecule has 18 heavy (non-hydrogen) atoms. The number of likely N-dealkylation sites (N-methyl/N-ethyl adjacent to an activating group) is 1. The summed E-state index contributed by atoms with van der Waals surface area (Å²) in [6.45, 7) is 5.84. The van der Waals surface area contributed by atoms with Gasteiger partial charge < -0.3 is 14.6 Å². The van der Waals surface area contributed by atoms with Crippen molar-refractivity contribution in [3.63, 3.8) is 0 Å². The van der Waals surface area contributed by atoms with Crippen molar-refractivity contribution in [3.05, 3.63) is 11.9 Å². The SMILES string of the molecule is CN1CCN(CCSc2ncc(CO)n2C)CC1. The van der Waals surface area contributed by atoms with Crippen LogP contribution in [0, 0.1) is 0 Å². The molecule has 5 nitrogen and oxygen atoms in total. The lowest BCUT2D eigenvalue weighted by Gasteiger charge is -2.32. The zero-order valence-corrected chi connectivity index (χ0v) is 12.0. The van der Waals surface area contributed by atoms with Crippen LogP contribution >= 0.6 is 11.8 Å². The van der Waals surface area contributed by atoms with Crippen molar-refractivity contribution in [1.82, 2.24) is 19.4 Å². The topological polar surface area (TPSA) is 44.5 Å². The van der Waals surface area contributed by atoms with Gasteiger partial charge in [-0.05, 0) is 7.05 Å². The van der Waals surface area contributed by atoms with Crippen LogP contribution in [0.15, 0.2) is 11.4 Å². The molecule has 1 N–H and O–H groups in total. The van der Waals surface area contributed by atoms with E-state index in [0.29, 0.717) is 0 Å². The first kappa shape index (κ1) is 13.9. The highest BCUT2D eigenvalue weighted by Gasteiger charge is 2.13. The first-order chi connectivity index (χ1) is 8.70. The maximum absolute atomic E-state index is 9.10. The van der Waals surface area contributed by atoms with Gasteiger partial charge in [-0.2, -0.15) is 0 Å². The van der Waals surface area contributed by atoms with E-state index in [4.69, 9.17) is 5.11 Å². The fourth-order valence-corrected chi connectivity index (χ4v) is 3.01. The maximum atomic E-state index is 9.10. The zero-order valence-electron chi connectivity index (χ0n) is 11.2. The number of thioether (sulfide) groups is 1. The zero-order chi connectivity index (χ0) is 13.0. The molecule has 1 fully saturated rings. The monoisotopic (exact) mass is 270 g/mol. The Balaban J connectivity index is 1.73. The number of aliphatic hydroxyl groups is 1. The number of piperazine rings is 1. The Morgan fingerprint density at radius 3 is 2.61 bits per heavy atom. The molecular formula is C12H22N4OS. The molecular weight excluding hydrogens is 248 g/mol. The van der Waals surface area contributed by atoms with Gasteiger partial charge in [0, 0.05) is 45.5 Å². The highest BCUT2D eigenvalue weighted by molar-refractivity contribution is 7.99. The number of nitrogens with zero attached hydrogens (tertiary/aromatic N) is 4. The predicted molar refractivity (Wildman–Crippen MR) is 73.8 cm³/mol. The van der Waals surface area contributed by atoms with E-state index in [9.17, 15) is 0 Å². The van der Waals surface area contributed by atoms with Gasteiger partial charge in [-0.25, -0.2) is 4.98 Å². The molecule has 2 rings (SSSR count). The second kappa shape index (κ2) is 6.56. The summed E-state index contributed by atoms with van der Waals surface area (Å²) in [5, 5.41) is 10.1. The van der Waals surface area contributed by atoms with E-state index in [1.54, 1.807) is 18.0 Å². The van der Waals surface area contributed by atoms with Gasteiger partial charge in [0.05, 0.1) is 18.5 Å². The van der Waals surface area contributed by atoms with Crippen LogP contribution in [-0.4, -0.2) is 70.0 Å². The fourth-order valence-electron chi connectivity index (χ4n) is 2.04. The average Bonchev–Trinajstić information content (AvgIpc) is 2.73. The van der Waals surface area contributed by atoms with Crippen LogP contribution in [0.4, 0.5) is 0 Å². The minimum atomic E-state index is 0.0581. The summed E-state index contributed by atoms with van der Waals surface area (Å²) in [7, 11) is 4.13. The molecule has 0 aliphatic carbocycles. The lowest BCUT2D eigenvalue weighted by atomic mass is 10.3. The summed E-state index contributed by atoms with van der Waals surface area (Å²) in [5.41, 5.74) is 0.872. The van der Waals surface area contributed by atoms with Gasteiger partial charge in [-0.15, -0.1) is 0 Å². The molecule has 0 aromatic carbocycles. The summed E-state index contributed by atoms with van der Waals surface area (Å²) in [6, 6.07) is 0. The maximum Gasteiger partial charge on any atom is 0.168 e. The van der Waals surface area contributed by atoms with E-state index in [-0.39, 0.29) is 6.61 Å². The Hall–Kier alpha value is -0.560. The summed E-state index contributed by atoms with van der Waals surface area (Å²) >= 11 is 1.76. The van der Waals surface area contributed by atoms with Crippen LogP contribution in [-0.2, 0) is 13.7 Å². The Bertz CT molecular complexity index is 374. The van der Waals surface area contributed by atoms with Gasteiger partial charge in [0.15, 0.2) is 5.16 Å². The molecule has 0 spiro atoms. The van der Waals surface area contributed by atoms with E-state index in [1.165, 1.54) is 26.2 Å². The van der Waals surface area contributed by atoms with Gasteiger partial charge in [-0.1, -0.05) is 11.8 Å². The Labute approximate surface area is 113 Å². The van der Waals surface area contributed by atoms with E-state index in [2.05, 4.69) is 21.8 Å². The number of aliphatic hydroxyl groups excluding tert-OH is 1. The second-order valence-electron chi connectivity index (χ2n) is 4.74. The standard InChI is InChI=1S/C12H22N4OS/c1-14-3-5-16(6-4-14)7-8-18-12-13-9-11(10-17)15(12)2/h9,17H,3-8,10H2,1-2H3. The number of aromatic nitrogens is 2. The van der Waals surface area contributed by atoms with Crippen LogP contribution in [0.2, 0.25) is 0 Å². The minimum Gasteiger partial charge on any atom is -0.390 e. The first-order valence-corrected chi connectivity index (χ1v) is 7.34. The largest absolute Gasteiger partial charge is 0.390 e. The third kappa shape index (κ3) is 3.47. The number of hydrogen-bond acceptors (Lipinski definition) is 5. The molecule has 0 amide bonds. The molecule has 0 atom stereocenters. The van der Waals surface area contributed by atoms with Crippen molar-refractivity contribution in [3.8, 4) is 0 Å². The number of rotatable bonds is 5. The van der Waals surface area contributed by atoms with Crippen LogP contribution < -0.4 is 0 Å².